The summed E-state index contributed by atoms with van der Waals surface area (Å²) >= 11 is 0. The lowest BCUT2D eigenvalue weighted by atomic mass is 10.1. The van der Waals surface area contributed by atoms with Gasteiger partial charge in [0.05, 0.1) is 11.9 Å². The van der Waals surface area contributed by atoms with Crippen LogP contribution < -0.4 is 14.4 Å². The van der Waals surface area contributed by atoms with E-state index in [1.54, 1.807) is 38.1 Å². The number of sulfonamides is 1. The highest BCUT2D eigenvalue weighted by atomic mass is 32.2. The molecule has 202 valence electrons. The molecule has 0 aliphatic heterocycles. The van der Waals surface area contributed by atoms with Gasteiger partial charge in [-0.25, -0.2) is 12.8 Å². The second-order valence-corrected chi connectivity index (χ2v) is 10.7. The molecule has 0 heterocycles. The molecule has 0 saturated heterocycles. The average Bonchev–Trinajstić information content (AvgIpc) is 2.90. The Hall–Kier alpha value is -3.92. The average molecular weight is 542 g/mol. The van der Waals surface area contributed by atoms with E-state index in [0.717, 1.165) is 16.1 Å². The fraction of sp³-hybridized carbons (Fsp3) is 0.286. The Morgan fingerprint density at radius 2 is 1.58 bits per heavy atom. The van der Waals surface area contributed by atoms with Gasteiger partial charge in [-0.3, -0.25) is 13.9 Å². The molecule has 0 aromatic heterocycles. The Morgan fingerprint density at radius 3 is 2.16 bits per heavy atom. The maximum Gasteiger partial charge on any atom is 0.244 e. The molecule has 0 bridgehead atoms. The fourth-order valence-electron chi connectivity index (χ4n) is 3.75. The van der Waals surface area contributed by atoms with Gasteiger partial charge < -0.3 is 15.0 Å². The van der Waals surface area contributed by atoms with Gasteiger partial charge in [-0.2, -0.15) is 0 Å². The molecule has 0 aliphatic carbocycles. The van der Waals surface area contributed by atoms with Crippen molar-refractivity contribution >= 4 is 27.5 Å². The molecule has 0 saturated carbocycles. The normalized spacial score (nSPS) is 11.9. The van der Waals surface area contributed by atoms with Crippen molar-refractivity contribution in [2.45, 2.75) is 33.0 Å². The number of benzene rings is 3. The molecular weight excluding hydrogens is 509 g/mol. The van der Waals surface area contributed by atoms with E-state index < -0.39 is 34.3 Å². The van der Waals surface area contributed by atoms with Gasteiger partial charge in [0.2, 0.25) is 21.8 Å². The van der Waals surface area contributed by atoms with E-state index in [2.05, 4.69) is 5.32 Å². The standard InChI is InChI=1S/C28H32FN3O5S/c1-4-30-28(34)21(2)31(18-22-10-12-24(29)13-11-22)27(33)19-32(38(3,35)36)25-14-16-26(17-15-25)37-20-23-8-6-5-7-9-23/h5-17,21H,4,18-20H2,1-3H3,(H,30,34)/t21-/m0/s1. The first kappa shape index (κ1) is 28.6. The third kappa shape index (κ3) is 8.04. The Bertz CT molecular complexity index is 1320. The van der Waals surface area contributed by atoms with Gasteiger partial charge in [-0.1, -0.05) is 42.5 Å². The Kier molecular flexibility index (Phi) is 9.84. The van der Waals surface area contributed by atoms with Crippen LogP contribution in [0.3, 0.4) is 0 Å². The quantitative estimate of drug-likeness (QED) is 0.377. The summed E-state index contributed by atoms with van der Waals surface area (Å²) in [5, 5.41) is 2.68. The van der Waals surface area contributed by atoms with Crippen molar-refractivity contribution in [2.75, 3.05) is 23.7 Å². The van der Waals surface area contributed by atoms with Crippen LogP contribution in [0, 0.1) is 5.82 Å². The van der Waals surface area contributed by atoms with Crippen LogP contribution in [0.5, 0.6) is 5.75 Å². The van der Waals surface area contributed by atoms with Crippen LogP contribution in [0.1, 0.15) is 25.0 Å². The van der Waals surface area contributed by atoms with Crippen LogP contribution in [0.15, 0.2) is 78.9 Å². The van der Waals surface area contributed by atoms with Crippen molar-refractivity contribution in [3.8, 4) is 5.75 Å². The maximum absolute atomic E-state index is 13.5. The molecule has 0 unspecified atom stereocenters. The number of hydrogen-bond acceptors (Lipinski definition) is 5. The van der Waals surface area contributed by atoms with Gasteiger partial charge >= 0.3 is 0 Å². The number of halogens is 1. The molecule has 0 aliphatic rings. The highest BCUT2D eigenvalue weighted by Crippen LogP contribution is 2.23. The Morgan fingerprint density at radius 1 is 0.947 bits per heavy atom. The molecule has 2 amide bonds. The van der Waals surface area contributed by atoms with Crippen molar-refractivity contribution in [1.82, 2.24) is 10.2 Å². The Labute approximate surface area is 223 Å². The molecule has 1 N–H and O–H groups in total. The minimum Gasteiger partial charge on any atom is -0.489 e. The number of rotatable bonds is 12. The predicted octanol–water partition coefficient (Wildman–Crippen LogP) is 3.72. The maximum atomic E-state index is 13.5. The van der Waals surface area contributed by atoms with E-state index in [1.165, 1.54) is 29.2 Å². The number of anilines is 1. The topological polar surface area (TPSA) is 96.0 Å². The lowest BCUT2D eigenvalue weighted by Gasteiger charge is -2.31. The molecule has 10 heteroatoms. The highest BCUT2D eigenvalue weighted by molar-refractivity contribution is 7.92. The van der Waals surface area contributed by atoms with Gasteiger partial charge in [0.25, 0.3) is 0 Å². The minimum absolute atomic E-state index is 0.00127. The van der Waals surface area contributed by atoms with Gasteiger partial charge in [0, 0.05) is 13.1 Å². The molecule has 8 nitrogen and oxygen atoms in total. The van der Waals surface area contributed by atoms with E-state index in [0.29, 0.717) is 24.5 Å². The summed E-state index contributed by atoms with van der Waals surface area (Å²) in [4.78, 5) is 27.3. The number of carbonyl (C=O) groups is 2. The highest BCUT2D eigenvalue weighted by Gasteiger charge is 2.30. The smallest absolute Gasteiger partial charge is 0.244 e. The lowest BCUT2D eigenvalue weighted by molar-refractivity contribution is -0.139. The summed E-state index contributed by atoms with van der Waals surface area (Å²) in [6.45, 7) is 3.53. The van der Waals surface area contributed by atoms with Crippen LogP contribution in [0.4, 0.5) is 10.1 Å². The van der Waals surface area contributed by atoms with E-state index in [-0.39, 0.29) is 18.1 Å². The first-order chi connectivity index (χ1) is 18.1. The summed E-state index contributed by atoms with van der Waals surface area (Å²) < 4.78 is 45.5. The van der Waals surface area contributed by atoms with Gasteiger partial charge in [-0.15, -0.1) is 0 Å². The molecule has 3 aromatic rings. The molecule has 3 aromatic carbocycles. The van der Waals surface area contributed by atoms with Crippen molar-refractivity contribution < 1.29 is 27.1 Å². The zero-order valence-electron chi connectivity index (χ0n) is 21.6. The zero-order valence-corrected chi connectivity index (χ0v) is 22.4. The number of hydrogen-bond donors (Lipinski definition) is 1. The van der Waals surface area contributed by atoms with Crippen LogP contribution in [-0.4, -0.2) is 50.5 Å². The summed E-state index contributed by atoms with van der Waals surface area (Å²) in [5.74, 6) is -0.847. The number of nitrogens with one attached hydrogen (secondary N) is 1. The van der Waals surface area contributed by atoms with Crippen molar-refractivity contribution in [2.24, 2.45) is 0 Å². The third-order valence-corrected chi connectivity index (χ3v) is 6.98. The van der Waals surface area contributed by atoms with Crippen LogP contribution in [0.25, 0.3) is 0 Å². The fourth-order valence-corrected chi connectivity index (χ4v) is 4.60. The van der Waals surface area contributed by atoms with E-state index >= 15 is 0 Å². The van der Waals surface area contributed by atoms with Crippen molar-refractivity contribution in [3.05, 3.63) is 95.8 Å². The van der Waals surface area contributed by atoms with E-state index in [4.69, 9.17) is 4.74 Å². The second kappa shape index (κ2) is 13.0. The third-order valence-electron chi connectivity index (χ3n) is 5.84. The van der Waals surface area contributed by atoms with E-state index in [1.807, 2.05) is 30.3 Å². The molecule has 0 spiro atoms. The SMILES string of the molecule is CCNC(=O)[C@H](C)N(Cc1ccc(F)cc1)C(=O)CN(c1ccc(OCc2ccccc2)cc1)S(C)(=O)=O. The van der Waals surface area contributed by atoms with Crippen LogP contribution >= 0.6 is 0 Å². The van der Waals surface area contributed by atoms with Crippen LogP contribution in [-0.2, 0) is 32.8 Å². The lowest BCUT2D eigenvalue weighted by Crippen LogP contribution is -2.51. The Balaban J connectivity index is 1.80. The van der Waals surface area contributed by atoms with Crippen molar-refractivity contribution in [3.63, 3.8) is 0 Å². The van der Waals surface area contributed by atoms with Crippen molar-refractivity contribution in [1.29, 1.82) is 0 Å². The van der Waals surface area contributed by atoms with Crippen LogP contribution in [0.2, 0.25) is 0 Å². The molecule has 0 radical (unpaired) electrons. The number of carbonyl (C=O) groups excluding carboxylic acids is 2. The summed E-state index contributed by atoms with van der Waals surface area (Å²) in [6, 6.07) is 20.7. The summed E-state index contributed by atoms with van der Waals surface area (Å²) in [6.07, 6.45) is 1.01. The summed E-state index contributed by atoms with van der Waals surface area (Å²) in [5.41, 5.74) is 1.87. The summed E-state index contributed by atoms with van der Waals surface area (Å²) in [7, 11) is -3.85. The number of nitrogens with zero attached hydrogens (tertiary/aromatic N) is 2. The molecular formula is C28H32FN3O5S. The minimum atomic E-state index is -3.85. The van der Waals surface area contributed by atoms with E-state index in [9.17, 15) is 22.4 Å². The van der Waals surface area contributed by atoms with Gasteiger partial charge in [-0.05, 0) is 61.4 Å². The second-order valence-electron chi connectivity index (χ2n) is 8.76. The number of ether oxygens (including phenoxy) is 1. The molecule has 38 heavy (non-hydrogen) atoms. The van der Waals surface area contributed by atoms with Gasteiger partial charge in [0.1, 0.15) is 30.8 Å². The first-order valence-corrected chi connectivity index (χ1v) is 14.0. The first-order valence-electron chi connectivity index (χ1n) is 12.1. The molecule has 3 rings (SSSR count). The number of amides is 2. The number of likely N-dealkylation sites (N-methyl/N-ethyl adjacent to an activating group) is 1. The monoisotopic (exact) mass is 541 g/mol. The zero-order chi connectivity index (χ0) is 27.7. The van der Waals surface area contributed by atoms with Gasteiger partial charge in [0.15, 0.2) is 0 Å². The molecule has 1 atom stereocenters. The molecule has 0 fully saturated rings. The predicted molar refractivity (Wildman–Crippen MR) is 145 cm³/mol. The largest absolute Gasteiger partial charge is 0.489 e.